The van der Waals surface area contributed by atoms with Gasteiger partial charge >= 0.3 is 12.4 Å². The Morgan fingerprint density at radius 1 is 0.645 bits per heavy atom. The molecule has 1 unspecified atom stereocenters. The normalized spacial score (nSPS) is 13.8. The Bertz CT molecular complexity index is 3610. The molecule has 2 aliphatic rings. The van der Waals surface area contributed by atoms with Crippen LogP contribution in [-0.2, 0) is 44.3 Å². The van der Waals surface area contributed by atoms with E-state index in [2.05, 4.69) is 36.0 Å². The lowest BCUT2D eigenvalue weighted by Crippen LogP contribution is -2.24. The van der Waals surface area contributed by atoms with Gasteiger partial charge in [-0.15, -0.1) is 20.4 Å². The summed E-state index contributed by atoms with van der Waals surface area (Å²) in [5, 5.41) is 23.3. The number of alkyl halides is 6. The number of Topliss-reactive ketones (excluding diaryl/α,β-unsaturated/α-hetero) is 1. The van der Waals surface area contributed by atoms with E-state index in [1.165, 1.54) is 47.3 Å². The van der Waals surface area contributed by atoms with E-state index >= 15 is 0 Å². The van der Waals surface area contributed by atoms with Crippen LogP contribution in [0, 0.1) is 0 Å². The Morgan fingerprint density at radius 3 is 1.62 bits per heavy atom. The lowest BCUT2D eigenvalue weighted by Gasteiger charge is -2.21. The number of rotatable bonds is 15. The van der Waals surface area contributed by atoms with Crippen molar-refractivity contribution in [1.29, 1.82) is 0 Å². The summed E-state index contributed by atoms with van der Waals surface area (Å²) in [6.07, 6.45) is -6.84. The van der Waals surface area contributed by atoms with Crippen molar-refractivity contribution < 1.29 is 45.5 Å². The minimum absolute atomic E-state index is 0.0452. The highest BCUT2D eigenvalue weighted by Gasteiger charge is 2.42. The van der Waals surface area contributed by atoms with E-state index in [0.29, 0.717) is 63.0 Å². The van der Waals surface area contributed by atoms with E-state index < -0.39 is 41.4 Å². The van der Waals surface area contributed by atoms with Crippen LogP contribution in [-0.4, -0.2) is 76.8 Å². The molecule has 22 heteroatoms. The number of benzene rings is 4. The maximum absolute atomic E-state index is 14.2. The van der Waals surface area contributed by atoms with Crippen molar-refractivity contribution >= 4 is 40.9 Å². The molecule has 0 saturated carbocycles. The summed E-state index contributed by atoms with van der Waals surface area (Å²) in [6.45, 7) is 5.21. The van der Waals surface area contributed by atoms with Gasteiger partial charge in [-0.05, 0) is 120 Å². The minimum atomic E-state index is -4.70. The molecular weight excluding hydrogens is 995 g/mol. The fourth-order valence-electron chi connectivity index (χ4n) is 9.57. The molecule has 6 heterocycles. The number of pyridine rings is 2. The second-order valence-corrected chi connectivity index (χ2v) is 18.3. The molecule has 76 heavy (non-hydrogen) atoms. The first-order valence-electron chi connectivity index (χ1n) is 23.9. The molecule has 0 saturated heterocycles. The van der Waals surface area contributed by atoms with Crippen LogP contribution >= 0.6 is 0 Å². The Labute approximate surface area is 430 Å². The van der Waals surface area contributed by atoms with Gasteiger partial charge in [-0.25, -0.2) is 9.97 Å². The summed E-state index contributed by atoms with van der Waals surface area (Å²) in [5.41, 5.74) is 2.45. The van der Waals surface area contributed by atoms with E-state index in [1.807, 2.05) is 32.0 Å². The lowest BCUT2D eigenvalue weighted by atomic mass is 9.95. The molecule has 4 aromatic heterocycles. The average molecular weight is 1040 g/mol. The lowest BCUT2D eigenvalue weighted by molar-refractivity contribution is -0.139. The van der Waals surface area contributed by atoms with Crippen LogP contribution in [0.2, 0.25) is 0 Å². The average Bonchev–Trinajstić information content (AvgIpc) is 4.20. The summed E-state index contributed by atoms with van der Waals surface area (Å²) in [4.78, 5) is 52.0. The van der Waals surface area contributed by atoms with Gasteiger partial charge in [0.25, 0.3) is 11.8 Å². The second-order valence-electron chi connectivity index (χ2n) is 18.3. The van der Waals surface area contributed by atoms with Crippen molar-refractivity contribution in [3.05, 3.63) is 154 Å². The number of carbonyl (C=O) groups excluding carboxylic acids is 3. The van der Waals surface area contributed by atoms with Crippen molar-refractivity contribution in [3.8, 4) is 45.0 Å². The van der Waals surface area contributed by atoms with Crippen LogP contribution in [0.1, 0.15) is 85.8 Å². The largest absolute Gasteiger partial charge is 0.416 e. The smallest absolute Gasteiger partial charge is 0.372 e. The highest BCUT2D eigenvalue weighted by atomic mass is 19.4. The molecule has 2 N–H and O–H groups in total. The number of halogens is 6. The zero-order chi connectivity index (χ0) is 53.8. The van der Waals surface area contributed by atoms with Gasteiger partial charge in [-0.2, -0.15) is 26.3 Å². The van der Waals surface area contributed by atoms with Crippen LogP contribution in [0.4, 0.5) is 49.6 Å². The Hall–Kier alpha value is -8.79. The number of ether oxygens (including phenoxy) is 1. The number of carbonyl (C=O) groups is 3. The predicted molar refractivity (Wildman–Crippen MR) is 270 cm³/mol. The molecule has 2 amide bonds. The minimum Gasteiger partial charge on any atom is -0.372 e. The zero-order valence-corrected chi connectivity index (χ0v) is 41.4. The van der Waals surface area contributed by atoms with E-state index in [1.54, 1.807) is 72.0 Å². The molecule has 4 aromatic carbocycles. The van der Waals surface area contributed by atoms with Crippen LogP contribution in [0.15, 0.2) is 110 Å². The molecule has 0 bridgehead atoms. The number of anilines is 4. The number of ketones is 1. The third-order valence-electron chi connectivity index (χ3n) is 13.3. The summed E-state index contributed by atoms with van der Waals surface area (Å²) in [7, 11) is 3.52. The topological polar surface area (TPSA) is 178 Å². The van der Waals surface area contributed by atoms with Gasteiger partial charge in [-0.1, -0.05) is 36.4 Å². The van der Waals surface area contributed by atoms with Gasteiger partial charge in [0.1, 0.15) is 35.9 Å². The van der Waals surface area contributed by atoms with Crippen molar-refractivity contribution in [2.24, 2.45) is 14.1 Å². The van der Waals surface area contributed by atoms with Gasteiger partial charge in [0.15, 0.2) is 17.4 Å². The van der Waals surface area contributed by atoms with E-state index in [0.717, 1.165) is 17.7 Å². The van der Waals surface area contributed by atoms with Crippen molar-refractivity contribution in [1.82, 2.24) is 39.5 Å². The van der Waals surface area contributed by atoms with E-state index in [9.17, 15) is 40.7 Å². The maximum Gasteiger partial charge on any atom is 0.416 e. The Kier molecular flexibility index (Phi) is 13.2. The Morgan fingerprint density at radius 2 is 1.14 bits per heavy atom. The highest BCUT2D eigenvalue weighted by Crippen LogP contribution is 2.43. The van der Waals surface area contributed by atoms with Crippen molar-refractivity contribution in [2.45, 2.75) is 52.3 Å². The van der Waals surface area contributed by atoms with Gasteiger partial charge < -0.3 is 24.5 Å². The fraction of sp³-hybridized carbons (Fsp3) is 0.241. The van der Waals surface area contributed by atoms with E-state index in [-0.39, 0.29) is 71.7 Å². The summed E-state index contributed by atoms with van der Waals surface area (Å²) in [6, 6.07) is 24.5. The van der Waals surface area contributed by atoms with Gasteiger partial charge in [0.05, 0.1) is 36.9 Å². The second kappa shape index (κ2) is 19.8. The molecule has 0 fully saturated rings. The maximum atomic E-state index is 14.2. The van der Waals surface area contributed by atoms with E-state index in [4.69, 9.17) is 9.72 Å². The first kappa shape index (κ1) is 50.7. The SMILES string of the molecule is CCNc1cc(-c2ccc(C(C)OCCNc3cc(-c4ccc(C(C)=O)cc4-c4nncn4C)cc(N4Cc5c(cccc5C(F)(F)F)C4=O)n3)cc2-c2nncn2C)cc(N2Cc3c(cccc3C(F)(F)F)C2=O)n1. The fourth-order valence-corrected chi connectivity index (χ4v) is 9.57. The molecule has 388 valence electrons. The zero-order valence-electron chi connectivity index (χ0n) is 41.4. The van der Waals surface area contributed by atoms with Gasteiger partial charge in [0, 0.05) is 55.0 Å². The number of fused-ring (bicyclic) bond motifs is 2. The number of hydrogen-bond donors (Lipinski definition) is 2. The third kappa shape index (κ3) is 9.62. The molecule has 0 spiro atoms. The molecule has 2 aliphatic heterocycles. The quantitative estimate of drug-likeness (QED) is 0.0565. The van der Waals surface area contributed by atoms with Gasteiger partial charge in [-0.3, -0.25) is 24.2 Å². The first-order chi connectivity index (χ1) is 36.3. The molecule has 16 nitrogen and oxygen atoms in total. The predicted octanol–water partition coefficient (Wildman–Crippen LogP) is 10.6. The highest BCUT2D eigenvalue weighted by molar-refractivity contribution is 6.11. The van der Waals surface area contributed by atoms with Gasteiger partial charge in [0.2, 0.25) is 0 Å². The molecular formula is C54H46F6N12O4. The molecule has 0 radical (unpaired) electrons. The summed E-state index contributed by atoms with van der Waals surface area (Å²) in [5.74, 6) is 0.358. The standard InChI is InChI=1S/C54H46F6N12O4/c1-6-61-45-21-33(23-47(65-45)71-25-41-37(51(71)74)9-7-11-43(41)53(55,56)57)36-16-14-32(20-40(36)50-68-64-28-70(50)5)30(3)76-18-17-62-46-22-34(35-15-13-31(29(2)73)19-39(35)49-67-63-27-69(49)4)24-48(66-46)72-26-42-38(52(72)75)10-8-12-44(42)54(58,59)60/h7-16,19-24,27-28,30H,6,17-18,25-26H2,1-5H3,(H,61,65)(H,62,66). The first-order valence-corrected chi connectivity index (χ1v) is 23.9. The molecule has 1 atom stereocenters. The monoisotopic (exact) mass is 1040 g/mol. The Balaban J connectivity index is 0.939. The number of nitrogens with zero attached hydrogens (tertiary/aromatic N) is 10. The molecule has 0 aliphatic carbocycles. The number of nitrogens with one attached hydrogen (secondary N) is 2. The number of aromatic nitrogens is 8. The van der Waals surface area contributed by atoms with Crippen LogP contribution in [0.3, 0.4) is 0 Å². The molecule has 10 rings (SSSR count). The van der Waals surface area contributed by atoms with Crippen molar-refractivity contribution in [3.63, 3.8) is 0 Å². The van der Waals surface area contributed by atoms with Crippen LogP contribution < -0.4 is 20.4 Å². The number of amides is 2. The molecule has 8 aromatic rings. The van der Waals surface area contributed by atoms with Crippen molar-refractivity contribution in [2.75, 3.05) is 40.1 Å². The van der Waals surface area contributed by atoms with Crippen LogP contribution in [0.25, 0.3) is 45.0 Å². The van der Waals surface area contributed by atoms with Crippen LogP contribution in [0.5, 0.6) is 0 Å². The third-order valence-corrected chi connectivity index (χ3v) is 13.3. The number of hydrogen-bond acceptors (Lipinski definition) is 12. The summed E-state index contributed by atoms with van der Waals surface area (Å²) < 4.78 is 94.6. The summed E-state index contributed by atoms with van der Waals surface area (Å²) >= 11 is 0. The number of aryl methyl sites for hydroxylation is 2.